The van der Waals surface area contributed by atoms with E-state index in [2.05, 4.69) is 35.8 Å². The summed E-state index contributed by atoms with van der Waals surface area (Å²) < 4.78 is 5.71. The van der Waals surface area contributed by atoms with Crippen molar-refractivity contribution in [2.45, 2.75) is 33.1 Å². The first-order valence-corrected chi connectivity index (χ1v) is 11.7. The van der Waals surface area contributed by atoms with Crippen molar-refractivity contribution in [1.29, 1.82) is 0 Å². The minimum absolute atomic E-state index is 0.242. The number of aliphatic imine (C=N–C) groups is 1. The van der Waals surface area contributed by atoms with Crippen molar-refractivity contribution in [1.82, 2.24) is 15.5 Å². The Morgan fingerprint density at radius 3 is 2.62 bits per heavy atom. The summed E-state index contributed by atoms with van der Waals surface area (Å²) in [5, 5.41) is 6.73. The molecule has 2 aromatic carbocycles. The smallest absolute Gasteiger partial charge is 0.223 e. The molecule has 1 atom stereocenters. The fraction of sp³-hybridized carbons (Fsp3) is 0.462. The van der Waals surface area contributed by atoms with Crippen LogP contribution in [0.3, 0.4) is 0 Å². The number of carbonyl (C=O) groups excluding carboxylic acids is 1. The lowest BCUT2D eigenvalue weighted by atomic mass is 10.1. The summed E-state index contributed by atoms with van der Waals surface area (Å²) in [7, 11) is 0. The highest BCUT2D eigenvalue weighted by molar-refractivity contribution is 5.80. The molecule has 1 aliphatic heterocycles. The zero-order chi connectivity index (χ0) is 22.6. The third kappa shape index (κ3) is 7.29. The van der Waals surface area contributed by atoms with Crippen LogP contribution in [0.2, 0.25) is 0 Å². The Kier molecular flexibility index (Phi) is 9.41. The number of ether oxygens (including phenoxy) is 1. The molecule has 1 amide bonds. The summed E-state index contributed by atoms with van der Waals surface area (Å²) >= 11 is 0. The van der Waals surface area contributed by atoms with E-state index >= 15 is 0 Å². The molecule has 0 spiro atoms. The molecule has 1 aliphatic rings. The molecule has 0 aliphatic carbocycles. The highest BCUT2D eigenvalue weighted by Crippen LogP contribution is 2.19. The van der Waals surface area contributed by atoms with Gasteiger partial charge < -0.3 is 20.3 Å². The van der Waals surface area contributed by atoms with Crippen LogP contribution in [0.5, 0.6) is 5.75 Å². The zero-order valence-electron chi connectivity index (χ0n) is 19.3. The normalized spacial score (nSPS) is 16.3. The predicted octanol–water partition coefficient (Wildman–Crippen LogP) is 3.27. The number of amides is 1. The fourth-order valence-corrected chi connectivity index (χ4v) is 3.99. The lowest BCUT2D eigenvalue weighted by Gasteiger charge is -2.17. The largest absolute Gasteiger partial charge is 0.494 e. The highest BCUT2D eigenvalue weighted by Gasteiger charge is 2.29. The third-order valence-electron chi connectivity index (χ3n) is 5.62. The van der Waals surface area contributed by atoms with E-state index in [4.69, 9.17) is 9.73 Å². The summed E-state index contributed by atoms with van der Waals surface area (Å²) in [4.78, 5) is 19.2. The number of hydrogen-bond acceptors (Lipinski definition) is 3. The van der Waals surface area contributed by atoms with Gasteiger partial charge in [-0.05, 0) is 43.9 Å². The van der Waals surface area contributed by atoms with Crippen molar-refractivity contribution in [3.63, 3.8) is 0 Å². The number of nitrogens with zero attached hydrogens (tertiary/aromatic N) is 2. The Labute approximate surface area is 192 Å². The van der Waals surface area contributed by atoms with Crippen molar-refractivity contribution in [2.75, 3.05) is 39.3 Å². The van der Waals surface area contributed by atoms with Crippen LogP contribution >= 0.6 is 0 Å². The summed E-state index contributed by atoms with van der Waals surface area (Å²) in [5.41, 5.74) is 2.46. The van der Waals surface area contributed by atoms with Gasteiger partial charge in [0.25, 0.3) is 0 Å². The van der Waals surface area contributed by atoms with Crippen molar-refractivity contribution in [3.8, 4) is 5.75 Å². The lowest BCUT2D eigenvalue weighted by Crippen LogP contribution is -2.38. The summed E-state index contributed by atoms with van der Waals surface area (Å²) in [6.07, 6.45) is 2.34. The second-order valence-electron chi connectivity index (χ2n) is 8.08. The van der Waals surface area contributed by atoms with E-state index in [1.165, 1.54) is 11.1 Å². The maximum atomic E-state index is 12.4. The first kappa shape index (κ1) is 23.6. The molecule has 172 valence electrons. The molecule has 0 bridgehead atoms. The van der Waals surface area contributed by atoms with Crippen LogP contribution in [0.15, 0.2) is 59.6 Å². The first-order valence-electron chi connectivity index (χ1n) is 11.7. The van der Waals surface area contributed by atoms with E-state index in [9.17, 15) is 4.79 Å². The summed E-state index contributed by atoms with van der Waals surface area (Å²) in [6.45, 7) is 8.51. The number of rotatable bonds is 11. The molecule has 1 unspecified atom stereocenters. The Hall–Kier alpha value is -3.02. The number of hydrogen-bond donors (Lipinski definition) is 2. The van der Waals surface area contributed by atoms with Gasteiger partial charge >= 0.3 is 0 Å². The summed E-state index contributed by atoms with van der Waals surface area (Å²) in [5.74, 6) is 2.26. The topological polar surface area (TPSA) is 66.0 Å². The summed E-state index contributed by atoms with van der Waals surface area (Å²) in [6, 6.07) is 18.5. The van der Waals surface area contributed by atoms with Gasteiger partial charge in [-0.1, -0.05) is 48.5 Å². The van der Waals surface area contributed by atoms with E-state index in [1.807, 2.05) is 48.2 Å². The molecule has 3 rings (SSSR count). The minimum atomic E-state index is 0.242. The van der Waals surface area contributed by atoms with E-state index in [0.717, 1.165) is 50.7 Å². The maximum absolute atomic E-state index is 12.4. The van der Waals surface area contributed by atoms with E-state index in [1.54, 1.807) is 0 Å². The number of carbonyl (C=O) groups is 1. The molecule has 0 radical (unpaired) electrons. The Balaban J connectivity index is 1.46. The Morgan fingerprint density at radius 2 is 1.84 bits per heavy atom. The number of para-hydroxylation sites is 1. The van der Waals surface area contributed by atoms with Crippen molar-refractivity contribution in [3.05, 3.63) is 65.7 Å². The van der Waals surface area contributed by atoms with Crippen molar-refractivity contribution < 1.29 is 9.53 Å². The quantitative estimate of drug-likeness (QED) is 0.419. The van der Waals surface area contributed by atoms with E-state index < -0.39 is 0 Å². The number of benzene rings is 2. The molecule has 6 heteroatoms. The second kappa shape index (κ2) is 12.7. The number of nitrogens with one attached hydrogen (secondary N) is 2. The second-order valence-corrected chi connectivity index (χ2v) is 8.08. The van der Waals surface area contributed by atoms with E-state index in [-0.39, 0.29) is 11.8 Å². The van der Waals surface area contributed by atoms with Crippen LogP contribution in [-0.2, 0) is 17.6 Å². The van der Waals surface area contributed by atoms with Gasteiger partial charge in [-0.3, -0.25) is 9.79 Å². The van der Waals surface area contributed by atoms with Crippen LogP contribution in [0.4, 0.5) is 0 Å². The average Bonchev–Trinajstić information content (AvgIpc) is 3.17. The van der Waals surface area contributed by atoms with Gasteiger partial charge in [-0.2, -0.15) is 0 Å². The van der Waals surface area contributed by atoms with E-state index in [0.29, 0.717) is 19.6 Å². The SMILES string of the molecule is CCNC(=NCC1CC(=O)N(CCc2ccccc2)C1)NCCc1ccccc1OCC. The maximum Gasteiger partial charge on any atom is 0.223 e. The van der Waals surface area contributed by atoms with Gasteiger partial charge in [0.05, 0.1) is 6.61 Å². The van der Waals surface area contributed by atoms with Crippen LogP contribution in [0, 0.1) is 5.92 Å². The molecule has 1 fully saturated rings. The Bertz CT molecular complexity index is 869. The van der Waals surface area contributed by atoms with Crippen LogP contribution < -0.4 is 15.4 Å². The van der Waals surface area contributed by atoms with Crippen LogP contribution in [0.1, 0.15) is 31.4 Å². The van der Waals surface area contributed by atoms with Crippen molar-refractivity contribution in [2.24, 2.45) is 10.9 Å². The van der Waals surface area contributed by atoms with Gasteiger partial charge in [-0.15, -0.1) is 0 Å². The fourth-order valence-electron chi connectivity index (χ4n) is 3.99. The van der Waals surface area contributed by atoms with Crippen molar-refractivity contribution >= 4 is 11.9 Å². The molecular weight excluding hydrogens is 400 g/mol. The molecule has 0 saturated carbocycles. The number of likely N-dealkylation sites (tertiary alicyclic amines) is 1. The molecule has 1 heterocycles. The van der Waals surface area contributed by atoms with Gasteiger partial charge in [0.15, 0.2) is 5.96 Å². The molecule has 2 N–H and O–H groups in total. The molecule has 2 aromatic rings. The highest BCUT2D eigenvalue weighted by atomic mass is 16.5. The molecule has 1 saturated heterocycles. The minimum Gasteiger partial charge on any atom is -0.494 e. The first-order chi connectivity index (χ1) is 15.7. The van der Waals surface area contributed by atoms with Gasteiger partial charge in [0.1, 0.15) is 5.75 Å². The predicted molar refractivity (Wildman–Crippen MR) is 130 cm³/mol. The number of guanidine groups is 1. The van der Waals surface area contributed by atoms with Crippen LogP contribution in [-0.4, -0.2) is 56.1 Å². The molecule has 6 nitrogen and oxygen atoms in total. The average molecular weight is 437 g/mol. The van der Waals surface area contributed by atoms with Gasteiger partial charge in [-0.25, -0.2) is 0 Å². The lowest BCUT2D eigenvalue weighted by molar-refractivity contribution is -0.127. The third-order valence-corrected chi connectivity index (χ3v) is 5.62. The Morgan fingerprint density at radius 1 is 1.06 bits per heavy atom. The van der Waals surface area contributed by atoms with Gasteiger partial charge in [0, 0.05) is 45.1 Å². The van der Waals surface area contributed by atoms with Crippen LogP contribution in [0.25, 0.3) is 0 Å². The zero-order valence-corrected chi connectivity index (χ0v) is 19.3. The standard InChI is InChI=1S/C26H36N4O2/c1-3-27-26(28-16-14-23-12-8-9-13-24(23)32-4-2)29-19-22-18-25(31)30(20-22)17-15-21-10-6-5-7-11-21/h5-13,22H,3-4,14-20H2,1-2H3,(H2,27,28,29). The van der Waals surface area contributed by atoms with Gasteiger partial charge in [0.2, 0.25) is 5.91 Å². The molecular formula is C26H36N4O2. The monoisotopic (exact) mass is 436 g/mol. The molecule has 0 aromatic heterocycles. The molecule has 32 heavy (non-hydrogen) atoms.